The average Bonchev–Trinajstić information content (AvgIpc) is 2.67. The molecule has 3 rings (SSSR count). The molecule has 3 heterocycles. The van der Waals surface area contributed by atoms with Gasteiger partial charge in [-0.05, 0) is 43.5 Å². The first-order valence-electron chi connectivity index (χ1n) is 8.24. The first-order chi connectivity index (χ1) is 11.8. The monoisotopic (exact) mass is 326 g/mol. The van der Waals surface area contributed by atoms with Gasteiger partial charge in [0.25, 0.3) is 5.91 Å². The van der Waals surface area contributed by atoms with Crippen LogP contribution in [0.2, 0.25) is 0 Å². The van der Waals surface area contributed by atoms with Crippen molar-refractivity contribution in [1.29, 1.82) is 0 Å². The lowest BCUT2D eigenvalue weighted by atomic mass is 10.1. The van der Waals surface area contributed by atoms with Crippen molar-refractivity contribution in [3.05, 3.63) is 48.0 Å². The standard InChI is InChI=1S/C18H22N4O2/c1-24-16-6-5-15(21-13-16)12-20-14-7-8-19-17(11-14)18(23)22-9-3-2-4-10-22/h5-8,11,13H,2-4,9-10,12H2,1H3,(H,19,20). The fourth-order valence-corrected chi connectivity index (χ4v) is 2.75. The third kappa shape index (κ3) is 4.01. The Morgan fingerprint density at radius 2 is 2.04 bits per heavy atom. The summed E-state index contributed by atoms with van der Waals surface area (Å²) in [6.07, 6.45) is 6.71. The summed E-state index contributed by atoms with van der Waals surface area (Å²) in [4.78, 5) is 22.9. The van der Waals surface area contributed by atoms with Crippen LogP contribution in [0.5, 0.6) is 5.75 Å². The smallest absolute Gasteiger partial charge is 0.272 e. The van der Waals surface area contributed by atoms with Gasteiger partial charge in [0, 0.05) is 25.0 Å². The molecule has 0 aromatic carbocycles. The van der Waals surface area contributed by atoms with E-state index < -0.39 is 0 Å². The van der Waals surface area contributed by atoms with Gasteiger partial charge in [-0.25, -0.2) is 0 Å². The van der Waals surface area contributed by atoms with Gasteiger partial charge in [0.05, 0.1) is 25.5 Å². The molecule has 2 aromatic rings. The predicted molar refractivity (Wildman–Crippen MR) is 92.1 cm³/mol. The van der Waals surface area contributed by atoms with Crippen LogP contribution in [0, 0.1) is 0 Å². The van der Waals surface area contributed by atoms with E-state index in [9.17, 15) is 4.79 Å². The third-order valence-electron chi connectivity index (χ3n) is 4.13. The molecule has 1 saturated heterocycles. The molecule has 6 nitrogen and oxygen atoms in total. The molecular formula is C18H22N4O2. The highest BCUT2D eigenvalue weighted by Crippen LogP contribution is 2.15. The van der Waals surface area contributed by atoms with Gasteiger partial charge in [0.15, 0.2) is 0 Å². The quantitative estimate of drug-likeness (QED) is 0.915. The van der Waals surface area contributed by atoms with E-state index in [1.54, 1.807) is 25.6 Å². The van der Waals surface area contributed by atoms with E-state index in [-0.39, 0.29) is 5.91 Å². The van der Waals surface area contributed by atoms with Crippen molar-refractivity contribution in [3.63, 3.8) is 0 Å². The maximum Gasteiger partial charge on any atom is 0.272 e. The van der Waals surface area contributed by atoms with Crippen molar-refractivity contribution >= 4 is 11.6 Å². The van der Waals surface area contributed by atoms with Gasteiger partial charge in [-0.3, -0.25) is 14.8 Å². The average molecular weight is 326 g/mol. The Morgan fingerprint density at radius 1 is 1.21 bits per heavy atom. The zero-order valence-electron chi connectivity index (χ0n) is 13.9. The van der Waals surface area contributed by atoms with Crippen LogP contribution in [-0.2, 0) is 6.54 Å². The number of pyridine rings is 2. The van der Waals surface area contributed by atoms with Gasteiger partial charge >= 0.3 is 0 Å². The molecule has 0 aliphatic carbocycles. The van der Waals surface area contributed by atoms with Gasteiger partial charge in [-0.15, -0.1) is 0 Å². The Kier molecular flexibility index (Phi) is 5.25. The van der Waals surface area contributed by atoms with Crippen molar-refractivity contribution in [2.75, 3.05) is 25.5 Å². The molecule has 0 saturated carbocycles. The van der Waals surface area contributed by atoms with Crippen LogP contribution >= 0.6 is 0 Å². The Labute approximate surface area is 141 Å². The lowest BCUT2D eigenvalue weighted by molar-refractivity contribution is 0.0718. The lowest BCUT2D eigenvalue weighted by Crippen LogP contribution is -2.36. The van der Waals surface area contributed by atoms with Crippen LogP contribution in [0.1, 0.15) is 35.4 Å². The van der Waals surface area contributed by atoms with E-state index in [0.717, 1.165) is 43.1 Å². The van der Waals surface area contributed by atoms with Gasteiger partial charge in [0.2, 0.25) is 0 Å². The fourth-order valence-electron chi connectivity index (χ4n) is 2.75. The number of nitrogens with zero attached hydrogens (tertiary/aromatic N) is 3. The van der Waals surface area contributed by atoms with E-state index in [4.69, 9.17) is 4.74 Å². The van der Waals surface area contributed by atoms with E-state index >= 15 is 0 Å². The zero-order valence-corrected chi connectivity index (χ0v) is 13.9. The second-order valence-corrected chi connectivity index (χ2v) is 5.83. The SMILES string of the molecule is COc1ccc(CNc2ccnc(C(=O)N3CCCCC3)c2)nc1. The molecule has 6 heteroatoms. The Balaban J connectivity index is 1.62. The van der Waals surface area contributed by atoms with Gasteiger partial charge in [-0.1, -0.05) is 0 Å². The molecule has 1 N–H and O–H groups in total. The number of rotatable bonds is 5. The summed E-state index contributed by atoms with van der Waals surface area (Å²) >= 11 is 0. The van der Waals surface area contributed by atoms with Crippen LogP contribution < -0.4 is 10.1 Å². The molecule has 0 spiro atoms. The second kappa shape index (κ2) is 7.77. The number of ether oxygens (including phenoxy) is 1. The number of carbonyl (C=O) groups is 1. The first kappa shape index (κ1) is 16.2. The van der Waals surface area contributed by atoms with Crippen LogP contribution in [0.4, 0.5) is 5.69 Å². The number of aromatic nitrogens is 2. The van der Waals surface area contributed by atoms with Crippen molar-refractivity contribution in [1.82, 2.24) is 14.9 Å². The fraction of sp³-hybridized carbons (Fsp3) is 0.389. The molecule has 0 bridgehead atoms. The maximum absolute atomic E-state index is 12.5. The molecule has 1 aliphatic heterocycles. The van der Waals surface area contributed by atoms with E-state index in [0.29, 0.717) is 12.2 Å². The normalized spacial score (nSPS) is 14.3. The van der Waals surface area contributed by atoms with Crippen LogP contribution in [0.3, 0.4) is 0 Å². The number of anilines is 1. The van der Waals surface area contributed by atoms with Crippen molar-refractivity contribution in [2.24, 2.45) is 0 Å². The molecule has 0 radical (unpaired) electrons. The molecule has 0 atom stereocenters. The van der Waals surface area contributed by atoms with Crippen molar-refractivity contribution in [3.8, 4) is 5.75 Å². The molecule has 24 heavy (non-hydrogen) atoms. The van der Waals surface area contributed by atoms with Gasteiger partial charge in [-0.2, -0.15) is 0 Å². The molecule has 1 amide bonds. The molecule has 0 unspecified atom stereocenters. The van der Waals surface area contributed by atoms with Crippen molar-refractivity contribution < 1.29 is 9.53 Å². The molecule has 1 fully saturated rings. The summed E-state index contributed by atoms with van der Waals surface area (Å²) in [5, 5.41) is 3.28. The largest absolute Gasteiger partial charge is 0.495 e. The Morgan fingerprint density at radius 3 is 2.75 bits per heavy atom. The van der Waals surface area contributed by atoms with Crippen molar-refractivity contribution in [2.45, 2.75) is 25.8 Å². The number of likely N-dealkylation sites (tertiary alicyclic amines) is 1. The number of hydrogen-bond donors (Lipinski definition) is 1. The minimum Gasteiger partial charge on any atom is -0.495 e. The molecule has 126 valence electrons. The Hall–Kier alpha value is -2.63. The zero-order chi connectivity index (χ0) is 16.8. The van der Waals surface area contributed by atoms with Crippen LogP contribution in [0.15, 0.2) is 36.7 Å². The summed E-state index contributed by atoms with van der Waals surface area (Å²) in [6, 6.07) is 7.45. The van der Waals surface area contributed by atoms with Gasteiger partial charge < -0.3 is 15.0 Å². The Bertz CT molecular complexity index is 682. The van der Waals surface area contributed by atoms with Crippen LogP contribution in [0.25, 0.3) is 0 Å². The number of hydrogen-bond acceptors (Lipinski definition) is 5. The number of amides is 1. The molecular weight excluding hydrogens is 304 g/mol. The minimum atomic E-state index is 0.0147. The summed E-state index contributed by atoms with van der Waals surface area (Å²) < 4.78 is 5.10. The summed E-state index contributed by atoms with van der Waals surface area (Å²) in [6.45, 7) is 2.23. The predicted octanol–water partition coefficient (Wildman–Crippen LogP) is 2.72. The summed E-state index contributed by atoms with van der Waals surface area (Å²) in [7, 11) is 1.62. The van der Waals surface area contributed by atoms with E-state index in [1.165, 1.54) is 6.42 Å². The minimum absolute atomic E-state index is 0.0147. The highest BCUT2D eigenvalue weighted by molar-refractivity contribution is 5.93. The first-order valence-corrected chi connectivity index (χ1v) is 8.24. The van der Waals surface area contributed by atoms with Gasteiger partial charge in [0.1, 0.15) is 11.4 Å². The third-order valence-corrected chi connectivity index (χ3v) is 4.13. The van der Waals surface area contributed by atoms with E-state index in [1.807, 2.05) is 23.1 Å². The number of methoxy groups -OCH3 is 1. The lowest BCUT2D eigenvalue weighted by Gasteiger charge is -2.26. The second-order valence-electron chi connectivity index (χ2n) is 5.83. The number of carbonyl (C=O) groups excluding carboxylic acids is 1. The number of nitrogens with one attached hydrogen (secondary N) is 1. The summed E-state index contributed by atoms with van der Waals surface area (Å²) in [5.41, 5.74) is 2.25. The number of piperidine rings is 1. The maximum atomic E-state index is 12.5. The summed E-state index contributed by atoms with van der Waals surface area (Å²) in [5.74, 6) is 0.748. The molecule has 1 aliphatic rings. The van der Waals surface area contributed by atoms with Crippen LogP contribution in [-0.4, -0.2) is 41.0 Å². The van der Waals surface area contributed by atoms with E-state index in [2.05, 4.69) is 15.3 Å². The molecule has 2 aromatic heterocycles. The highest BCUT2D eigenvalue weighted by atomic mass is 16.5. The highest BCUT2D eigenvalue weighted by Gasteiger charge is 2.19. The topological polar surface area (TPSA) is 67.3 Å².